The van der Waals surface area contributed by atoms with Gasteiger partial charge in [-0.25, -0.2) is 4.98 Å². The zero-order valence-electron chi connectivity index (χ0n) is 17.1. The molecule has 0 saturated heterocycles. The van der Waals surface area contributed by atoms with Gasteiger partial charge < -0.3 is 0 Å². The number of nitro groups is 1. The molecule has 5 rings (SSSR count). The first-order valence-corrected chi connectivity index (χ1v) is 11.1. The smallest absolute Gasteiger partial charge is 0.269 e. The standard InChI is InChI=1S/C24H18N4O3S/c25-13-16-3-1-4-17(11-16)14-27-21(12-15-7-9-18(10-8-15)28(30)31)26-23-22(24(27)29)19-5-2-6-20(19)32-23/h1,3-4,7-11H,2,5-6,12,14H2. The van der Waals surface area contributed by atoms with E-state index in [1.54, 1.807) is 40.2 Å². The molecule has 4 aromatic rings. The summed E-state index contributed by atoms with van der Waals surface area (Å²) in [5.41, 5.74) is 3.32. The first-order chi connectivity index (χ1) is 15.5. The van der Waals surface area contributed by atoms with Crippen molar-refractivity contribution in [2.24, 2.45) is 0 Å². The van der Waals surface area contributed by atoms with Crippen LogP contribution in [0.2, 0.25) is 0 Å². The summed E-state index contributed by atoms with van der Waals surface area (Å²) in [6, 6.07) is 15.7. The van der Waals surface area contributed by atoms with Crippen LogP contribution in [0.1, 0.15) is 39.4 Å². The summed E-state index contributed by atoms with van der Waals surface area (Å²) in [5, 5.41) is 20.9. The summed E-state index contributed by atoms with van der Waals surface area (Å²) in [5.74, 6) is 0.610. The molecular weight excluding hydrogens is 424 g/mol. The first kappa shape index (κ1) is 20.1. The van der Waals surface area contributed by atoms with Crippen LogP contribution in [0.15, 0.2) is 53.3 Å². The Kier molecular flexibility index (Phi) is 5.04. The number of aryl methyl sites for hydroxylation is 2. The van der Waals surface area contributed by atoms with Gasteiger partial charge in [-0.15, -0.1) is 11.3 Å². The third-order valence-electron chi connectivity index (χ3n) is 5.81. The minimum atomic E-state index is -0.431. The molecule has 2 aromatic carbocycles. The van der Waals surface area contributed by atoms with E-state index in [4.69, 9.17) is 4.98 Å². The van der Waals surface area contributed by atoms with Gasteiger partial charge in [0.1, 0.15) is 10.7 Å². The average Bonchev–Trinajstić information content (AvgIpc) is 3.38. The second-order valence-corrected chi connectivity index (χ2v) is 8.95. The number of nitriles is 1. The molecule has 0 fully saturated rings. The maximum Gasteiger partial charge on any atom is 0.269 e. The molecule has 0 aliphatic heterocycles. The van der Waals surface area contributed by atoms with Gasteiger partial charge in [-0.05, 0) is 48.1 Å². The molecule has 2 aromatic heterocycles. The quantitative estimate of drug-likeness (QED) is 0.337. The number of non-ortho nitro benzene ring substituents is 1. The highest BCUT2D eigenvalue weighted by molar-refractivity contribution is 7.18. The number of hydrogen-bond donors (Lipinski definition) is 0. The van der Waals surface area contributed by atoms with Crippen molar-refractivity contribution in [3.05, 3.63) is 102 Å². The zero-order chi connectivity index (χ0) is 22.2. The van der Waals surface area contributed by atoms with Gasteiger partial charge in [-0.3, -0.25) is 19.5 Å². The maximum absolute atomic E-state index is 13.6. The Bertz CT molecular complexity index is 1460. The van der Waals surface area contributed by atoms with Crippen molar-refractivity contribution in [3.8, 4) is 6.07 Å². The van der Waals surface area contributed by atoms with Crippen LogP contribution >= 0.6 is 11.3 Å². The fraction of sp³-hybridized carbons (Fsp3) is 0.208. The predicted molar refractivity (Wildman–Crippen MR) is 122 cm³/mol. The predicted octanol–water partition coefficient (Wildman–Crippen LogP) is 4.37. The Labute approximate surface area is 187 Å². The molecule has 0 saturated carbocycles. The van der Waals surface area contributed by atoms with E-state index in [1.165, 1.54) is 17.0 Å². The summed E-state index contributed by atoms with van der Waals surface area (Å²) in [4.78, 5) is 31.1. The molecule has 0 N–H and O–H groups in total. The normalized spacial score (nSPS) is 12.6. The monoisotopic (exact) mass is 442 g/mol. The van der Waals surface area contributed by atoms with Gasteiger partial charge in [0, 0.05) is 23.4 Å². The van der Waals surface area contributed by atoms with Gasteiger partial charge in [0.05, 0.1) is 28.5 Å². The fourth-order valence-corrected chi connectivity index (χ4v) is 5.53. The topological polar surface area (TPSA) is 102 Å². The summed E-state index contributed by atoms with van der Waals surface area (Å²) in [7, 11) is 0. The van der Waals surface area contributed by atoms with Gasteiger partial charge in [-0.1, -0.05) is 24.3 Å². The molecule has 0 radical (unpaired) electrons. The summed E-state index contributed by atoms with van der Waals surface area (Å²) < 4.78 is 1.69. The van der Waals surface area contributed by atoms with Gasteiger partial charge in [0.2, 0.25) is 0 Å². The first-order valence-electron chi connectivity index (χ1n) is 10.3. The maximum atomic E-state index is 13.6. The second-order valence-electron chi connectivity index (χ2n) is 7.87. The molecule has 0 amide bonds. The number of thiophene rings is 1. The minimum absolute atomic E-state index is 0.0255. The van der Waals surface area contributed by atoms with Gasteiger partial charge in [-0.2, -0.15) is 5.26 Å². The van der Waals surface area contributed by atoms with Crippen molar-refractivity contribution in [2.45, 2.75) is 32.2 Å². The van der Waals surface area contributed by atoms with Crippen LogP contribution in [0.25, 0.3) is 10.2 Å². The van der Waals surface area contributed by atoms with Crippen molar-refractivity contribution in [3.63, 3.8) is 0 Å². The lowest BCUT2D eigenvalue weighted by Crippen LogP contribution is -2.26. The lowest BCUT2D eigenvalue weighted by Gasteiger charge is -2.13. The Balaban J connectivity index is 1.63. The number of fused-ring (bicyclic) bond motifs is 3. The van der Waals surface area contributed by atoms with E-state index >= 15 is 0 Å². The number of hydrogen-bond acceptors (Lipinski definition) is 6. The molecule has 1 aliphatic carbocycles. The lowest BCUT2D eigenvalue weighted by molar-refractivity contribution is -0.384. The van der Waals surface area contributed by atoms with Crippen molar-refractivity contribution in [1.82, 2.24) is 9.55 Å². The van der Waals surface area contributed by atoms with E-state index in [0.717, 1.165) is 40.8 Å². The highest BCUT2D eigenvalue weighted by Crippen LogP contribution is 2.35. The summed E-state index contributed by atoms with van der Waals surface area (Å²) >= 11 is 1.60. The van der Waals surface area contributed by atoms with Crippen LogP contribution in [0, 0.1) is 21.4 Å². The van der Waals surface area contributed by atoms with Gasteiger partial charge >= 0.3 is 0 Å². The molecule has 7 nitrogen and oxygen atoms in total. The van der Waals surface area contributed by atoms with Crippen LogP contribution < -0.4 is 5.56 Å². The third kappa shape index (κ3) is 3.57. The number of rotatable bonds is 5. The van der Waals surface area contributed by atoms with E-state index in [-0.39, 0.29) is 11.2 Å². The van der Waals surface area contributed by atoms with Gasteiger partial charge in [0.25, 0.3) is 11.2 Å². The molecule has 32 heavy (non-hydrogen) atoms. The number of nitrogens with zero attached hydrogens (tertiary/aromatic N) is 4. The van der Waals surface area contributed by atoms with Crippen LogP contribution in [-0.2, 0) is 25.8 Å². The molecule has 0 unspecified atom stereocenters. The average molecular weight is 443 g/mol. The summed E-state index contributed by atoms with van der Waals surface area (Å²) in [6.45, 7) is 0.310. The van der Waals surface area contributed by atoms with E-state index < -0.39 is 4.92 Å². The lowest BCUT2D eigenvalue weighted by atomic mass is 10.1. The molecule has 0 spiro atoms. The minimum Gasteiger partial charge on any atom is -0.291 e. The Morgan fingerprint density at radius 3 is 2.72 bits per heavy atom. The molecule has 1 aliphatic rings. The molecule has 0 atom stereocenters. The van der Waals surface area contributed by atoms with Crippen molar-refractivity contribution >= 4 is 27.2 Å². The highest BCUT2D eigenvalue weighted by Gasteiger charge is 2.23. The van der Waals surface area contributed by atoms with E-state index in [9.17, 15) is 20.2 Å². The SMILES string of the molecule is N#Cc1cccc(Cn2c(Cc3ccc([N+](=O)[O-])cc3)nc3sc4c(c3c2=O)CCC4)c1. The van der Waals surface area contributed by atoms with E-state index in [0.29, 0.717) is 29.7 Å². The number of benzene rings is 2. The largest absolute Gasteiger partial charge is 0.291 e. The van der Waals surface area contributed by atoms with Gasteiger partial charge in [0.15, 0.2) is 0 Å². The second kappa shape index (κ2) is 8.02. The summed E-state index contributed by atoms with van der Waals surface area (Å²) in [6.07, 6.45) is 3.32. The molecule has 8 heteroatoms. The molecule has 0 bridgehead atoms. The zero-order valence-corrected chi connectivity index (χ0v) is 17.9. The molecule has 2 heterocycles. The Morgan fingerprint density at radius 1 is 1.16 bits per heavy atom. The Morgan fingerprint density at radius 2 is 1.97 bits per heavy atom. The van der Waals surface area contributed by atoms with Crippen molar-refractivity contribution in [1.29, 1.82) is 5.26 Å². The van der Waals surface area contributed by atoms with Crippen LogP contribution in [0.4, 0.5) is 5.69 Å². The Hall–Kier alpha value is -3.83. The highest BCUT2D eigenvalue weighted by atomic mass is 32.1. The van der Waals surface area contributed by atoms with Crippen LogP contribution in [-0.4, -0.2) is 14.5 Å². The van der Waals surface area contributed by atoms with Crippen LogP contribution in [0.3, 0.4) is 0 Å². The van der Waals surface area contributed by atoms with Crippen molar-refractivity contribution in [2.75, 3.05) is 0 Å². The van der Waals surface area contributed by atoms with Crippen LogP contribution in [0.5, 0.6) is 0 Å². The third-order valence-corrected chi connectivity index (χ3v) is 7.00. The van der Waals surface area contributed by atoms with E-state index in [2.05, 4.69) is 6.07 Å². The van der Waals surface area contributed by atoms with Crippen molar-refractivity contribution < 1.29 is 4.92 Å². The van der Waals surface area contributed by atoms with E-state index in [1.807, 2.05) is 12.1 Å². The number of aromatic nitrogens is 2. The fourth-order valence-electron chi connectivity index (χ4n) is 4.26. The molecule has 158 valence electrons. The number of nitro benzene ring substituents is 1. The molecular formula is C24H18N4O3S.